The van der Waals surface area contributed by atoms with Crippen LogP contribution in [0.4, 0.5) is 0 Å². The smallest absolute Gasteiger partial charge is 0.276 e. The molecule has 0 spiro atoms. The van der Waals surface area contributed by atoms with Gasteiger partial charge in [-0.15, -0.1) is 0 Å². The van der Waals surface area contributed by atoms with Gasteiger partial charge in [-0.25, -0.2) is 5.14 Å². The summed E-state index contributed by atoms with van der Waals surface area (Å²) >= 11 is 0. The van der Waals surface area contributed by atoms with Crippen LogP contribution in [0.5, 0.6) is 0 Å². The van der Waals surface area contributed by atoms with E-state index in [-0.39, 0.29) is 24.8 Å². The van der Waals surface area contributed by atoms with Crippen LogP contribution in [0, 0.1) is 5.92 Å². The molecule has 1 atom stereocenters. The lowest BCUT2D eigenvalue weighted by atomic mass is 10.1. The van der Waals surface area contributed by atoms with E-state index in [1.54, 1.807) is 13.8 Å². The number of hydrogen-bond acceptors (Lipinski definition) is 4. The number of amidine groups is 1. The van der Waals surface area contributed by atoms with Crippen LogP contribution in [0.2, 0.25) is 0 Å². The zero-order chi connectivity index (χ0) is 11.4. The van der Waals surface area contributed by atoms with Gasteiger partial charge in [0.15, 0.2) is 0 Å². The lowest BCUT2D eigenvalue weighted by molar-refractivity contribution is 0.311. The van der Waals surface area contributed by atoms with Crippen molar-refractivity contribution >= 4 is 16.0 Å². The van der Waals surface area contributed by atoms with Crippen molar-refractivity contribution in [3.8, 4) is 0 Å². The first-order valence-corrected chi connectivity index (χ1v) is 5.58. The molecule has 0 amide bonds. The Hall–Kier alpha value is -0.860. The molecule has 0 aromatic carbocycles. The van der Waals surface area contributed by atoms with E-state index in [0.29, 0.717) is 0 Å². The van der Waals surface area contributed by atoms with Crippen LogP contribution in [0.1, 0.15) is 13.8 Å². The molecular formula is C6H16N4O3S. The Morgan fingerprint density at radius 2 is 2.14 bits per heavy atom. The van der Waals surface area contributed by atoms with Gasteiger partial charge in [-0.05, 0) is 0 Å². The van der Waals surface area contributed by atoms with E-state index in [0.717, 1.165) is 4.31 Å². The van der Waals surface area contributed by atoms with Crippen molar-refractivity contribution in [3.05, 3.63) is 0 Å². The fourth-order valence-electron chi connectivity index (χ4n) is 0.910. The summed E-state index contributed by atoms with van der Waals surface area (Å²) in [7, 11) is -3.71. The summed E-state index contributed by atoms with van der Waals surface area (Å²) < 4.78 is 23.0. The Kier molecular flexibility index (Phi) is 4.81. The fourth-order valence-corrected chi connectivity index (χ4v) is 1.70. The van der Waals surface area contributed by atoms with E-state index in [4.69, 9.17) is 16.1 Å². The molecular weight excluding hydrogens is 208 g/mol. The molecule has 7 nitrogen and oxygen atoms in total. The molecule has 0 rings (SSSR count). The normalized spacial score (nSPS) is 15.9. The molecule has 0 aromatic rings. The van der Waals surface area contributed by atoms with Gasteiger partial charge in [-0.1, -0.05) is 19.0 Å². The van der Waals surface area contributed by atoms with Gasteiger partial charge in [0.1, 0.15) is 5.84 Å². The zero-order valence-corrected chi connectivity index (χ0v) is 9.03. The van der Waals surface area contributed by atoms with Crippen molar-refractivity contribution in [1.82, 2.24) is 4.31 Å². The monoisotopic (exact) mass is 224 g/mol. The standard InChI is InChI=1S/C6H16N4O3S/c1-3-10(14(8,12)13)4-5(2)6(7)9-11/h5,11H,3-4H2,1-2H3,(H2,7,9)(H2,8,12,13). The van der Waals surface area contributed by atoms with Crippen molar-refractivity contribution in [2.24, 2.45) is 21.9 Å². The number of rotatable bonds is 5. The molecule has 5 N–H and O–H groups in total. The van der Waals surface area contributed by atoms with E-state index in [9.17, 15) is 8.42 Å². The maximum Gasteiger partial charge on any atom is 0.276 e. The highest BCUT2D eigenvalue weighted by Gasteiger charge is 2.19. The SMILES string of the molecule is CCN(CC(C)C(N)=NO)S(N)(=O)=O. The molecule has 0 heterocycles. The maximum absolute atomic E-state index is 11.0. The largest absolute Gasteiger partial charge is 0.409 e. The Bertz CT molecular complexity index is 300. The van der Waals surface area contributed by atoms with Crippen molar-refractivity contribution in [1.29, 1.82) is 0 Å². The highest BCUT2D eigenvalue weighted by atomic mass is 32.2. The lowest BCUT2D eigenvalue weighted by Gasteiger charge is -2.20. The summed E-state index contributed by atoms with van der Waals surface area (Å²) in [6.07, 6.45) is 0. The molecule has 0 saturated heterocycles. The van der Waals surface area contributed by atoms with Gasteiger partial charge in [-0.2, -0.15) is 12.7 Å². The summed E-state index contributed by atoms with van der Waals surface area (Å²) in [5, 5.41) is 16.1. The molecule has 0 radical (unpaired) electrons. The fraction of sp³-hybridized carbons (Fsp3) is 0.833. The van der Waals surface area contributed by atoms with Gasteiger partial charge in [0.25, 0.3) is 10.2 Å². The lowest BCUT2D eigenvalue weighted by Crippen LogP contribution is -2.42. The van der Waals surface area contributed by atoms with Gasteiger partial charge in [0.05, 0.1) is 0 Å². The Labute approximate surface area is 83.5 Å². The molecule has 0 aromatic heterocycles. The highest BCUT2D eigenvalue weighted by Crippen LogP contribution is 2.02. The van der Waals surface area contributed by atoms with E-state index < -0.39 is 10.2 Å². The first kappa shape index (κ1) is 13.1. The van der Waals surface area contributed by atoms with E-state index in [1.165, 1.54) is 0 Å². The first-order valence-electron chi connectivity index (χ1n) is 4.08. The molecule has 0 bridgehead atoms. The van der Waals surface area contributed by atoms with Crippen LogP contribution < -0.4 is 10.9 Å². The van der Waals surface area contributed by atoms with E-state index in [1.807, 2.05) is 0 Å². The van der Waals surface area contributed by atoms with Crippen molar-refractivity contribution in [2.75, 3.05) is 13.1 Å². The minimum absolute atomic E-state index is 0.0212. The molecule has 14 heavy (non-hydrogen) atoms. The number of nitrogens with two attached hydrogens (primary N) is 2. The van der Waals surface area contributed by atoms with Crippen LogP contribution >= 0.6 is 0 Å². The molecule has 0 aliphatic carbocycles. The van der Waals surface area contributed by atoms with Gasteiger partial charge in [0, 0.05) is 19.0 Å². The van der Waals surface area contributed by atoms with E-state index >= 15 is 0 Å². The first-order chi connectivity index (χ1) is 6.32. The molecule has 8 heteroatoms. The van der Waals surface area contributed by atoms with Crippen LogP contribution in [0.25, 0.3) is 0 Å². The van der Waals surface area contributed by atoms with Crippen molar-refractivity contribution < 1.29 is 13.6 Å². The maximum atomic E-state index is 11.0. The second-order valence-electron chi connectivity index (χ2n) is 2.92. The van der Waals surface area contributed by atoms with Crippen LogP contribution in [-0.2, 0) is 10.2 Å². The summed E-state index contributed by atoms with van der Waals surface area (Å²) in [6.45, 7) is 3.65. The Morgan fingerprint density at radius 1 is 1.64 bits per heavy atom. The minimum Gasteiger partial charge on any atom is -0.409 e. The Morgan fingerprint density at radius 3 is 2.43 bits per heavy atom. The number of hydrogen-bond donors (Lipinski definition) is 3. The second-order valence-corrected chi connectivity index (χ2v) is 4.47. The summed E-state index contributed by atoms with van der Waals surface area (Å²) in [4.78, 5) is 0. The van der Waals surface area contributed by atoms with Gasteiger partial charge >= 0.3 is 0 Å². The Balaban J connectivity index is 4.50. The van der Waals surface area contributed by atoms with Gasteiger partial charge in [0.2, 0.25) is 0 Å². The predicted octanol–water partition coefficient (Wildman–Crippen LogP) is -1.11. The number of nitrogens with zero attached hydrogens (tertiary/aromatic N) is 2. The summed E-state index contributed by atoms with van der Waals surface area (Å²) in [5.74, 6) is -0.398. The summed E-state index contributed by atoms with van der Waals surface area (Å²) in [5.41, 5.74) is 5.30. The molecule has 0 aliphatic heterocycles. The molecule has 0 aliphatic rings. The number of oxime groups is 1. The predicted molar refractivity (Wildman–Crippen MR) is 52.9 cm³/mol. The highest BCUT2D eigenvalue weighted by molar-refractivity contribution is 7.86. The van der Waals surface area contributed by atoms with Crippen LogP contribution in [0.15, 0.2) is 5.16 Å². The third kappa shape index (κ3) is 3.90. The third-order valence-electron chi connectivity index (χ3n) is 1.81. The second kappa shape index (κ2) is 5.13. The summed E-state index contributed by atoms with van der Waals surface area (Å²) in [6, 6.07) is 0. The molecule has 84 valence electrons. The molecule has 0 fully saturated rings. The zero-order valence-electron chi connectivity index (χ0n) is 8.21. The topological polar surface area (TPSA) is 122 Å². The third-order valence-corrected chi connectivity index (χ3v) is 2.94. The van der Waals surface area contributed by atoms with Crippen LogP contribution in [0.3, 0.4) is 0 Å². The van der Waals surface area contributed by atoms with Gasteiger partial charge in [-0.3, -0.25) is 0 Å². The average Bonchev–Trinajstić information content (AvgIpc) is 2.10. The molecule has 1 unspecified atom stereocenters. The van der Waals surface area contributed by atoms with E-state index in [2.05, 4.69) is 5.16 Å². The quantitative estimate of drug-likeness (QED) is 0.237. The molecule has 0 saturated carbocycles. The average molecular weight is 224 g/mol. The van der Waals surface area contributed by atoms with Crippen molar-refractivity contribution in [3.63, 3.8) is 0 Å². The minimum atomic E-state index is -3.71. The van der Waals surface area contributed by atoms with Crippen LogP contribution in [-0.4, -0.2) is 36.9 Å². The van der Waals surface area contributed by atoms with Gasteiger partial charge < -0.3 is 10.9 Å². The van der Waals surface area contributed by atoms with Crippen molar-refractivity contribution in [2.45, 2.75) is 13.8 Å².